The van der Waals surface area contributed by atoms with Gasteiger partial charge < -0.3 is 4.74 Å². The van der Waals surface area contributed by atoms with Gasteiger partial charge in [-0.15, -0.1) is 0 Å². The summed E-state index contributed by atoms with van der Waals surface area (Å²) >= 11 is 0. The summed E-state index contributed by atoms with van der Waals surface area (Å²) in [4.78, 5) is 21.5. The molecule has 0 rings (SSSR count). The lowest BCUT2D eigenvalue weighted by atomic mass is 10.1. The highest BCUT2D eigenvalue weighted by Crippen LogP contribution is 2.07. The number of ether oxygens (including phenoxy) is 1. The number of carbonyl (C=O) groups is 2. The summed E-state index contributed by atoms with van der Waals surface area (Å²) in [7, 11) is 1.40. The van der Waals surface area contributed by atoms with Crippen LogP contribution in [0.5, 0.6) is 0 Å². The van der Waals surface area contributed by atoms with E-state index in [1.807, 2.05) is 0 Å². The van der Waals surface area contributed by atoms with Crippen LogP contribution in [0.1, 0.15) is 39.0 Å². The van der Waals surface area contributed by atoms with Crippen LogP contribution in [-0.2, 0) is 14.3 Å². The van der Waals surface area contributed by atoms with Gasteiger partial charge in [-0.1, -0.05) is 26.2 Å². The monoisotopic (exact) mass is 198 g/mol. The van der Waals surface area contributed by atoms with E-state index in [1.54, 1.807) is 0 Å². The summed E-state index contributed by atoms with van der Waals surface area (Å²) < 4.78 is 4.79. The average Bonchev–Trinajstić information content (AvgIpc) is 2.20. The molecule has 0 aromatic carbocycles. The van der Waals surface area contributed by atoms with Crippen LogP contribution in [0.4, 0.5) is 0 Å². The minimum Gasteiger partial charge on any atom is -0.493 e. The van der Waals surface area contributed by atoms with E-state index in [4.69, 9.17) is 4.74 Å². The van der Waals surface area contributed by atoms with Crippen molar-refractivity contribution in [2.24, 2.45) is 0 Å². The number of methoxy groups -OCH3 is 1. The number of Topliss-reactive ketones (excluding diaryl/α,β-unsaturated/α-hetero) is 1. The Kier molecular flexibility index (Phi) is 7.80. The predicted octanol–water partition coefficient (Wildman–Crippen LogP) is 2.26. The fourth-order valence-corrected chi connectivity index (χ4v) is 1.17. The highest BCUT2D eigenvalue weighted by atomic mass is 16.5. The number of allylic oxidation sites excluding steroid dienone is 2. The summed E-state index contributed by atoms with van der Waals surface area (Å²) in [5.41, 5.74) is 0. The van der Waals surface area contributed by atoms with Crippen molar-refractivity contribution in [3.63, 3.8) is 0 Å². The molecule has 0 atom stereocenters. The molecule has 14 heavy (non-hydrogen) atoms. The first-order valence-corrected chi connectivity index (χ1v) is 4.98. The minimum atomic E-state index is -0.0873. The smallest absolute Gasteiger partial charge is 0.197 e. The van der Waals surface area contributed by atoms with Crippen LogP contribution in [0.25, 0.3) is 0 Å². The maximum atomic E-state index is 11.4. The summed E-state index contributed by atoms with van der Waals surface area (Å²) in [6, 6.07) is 0. The molecule has 0 aliphatic rings. The number of hydrogen-bond donors (Lipinski definition) is 0. The molecule has 0 spiro atoms. The molecule has 0 bridgehead atoms. The van der Waals surface area contributed by atoms with Crippen LogP contribution in [0, 0.1) is 0 Å². The van der Waals surface area contributed by atoms with Gasteiger partial charge in [0.25, 0.3) is 0 Å². The Morgan fingerprint density at radius 2 is 2.00 bits per heavy atom. The van der Waals surface area contributed by atoms with Crippen molar-refractivity contribution >= 4 is 12.1 Å². The zero-order valence-electron chi connectivity index (χ0n) is 8.91. The van der Waals surface area contributed by atoms with Gasteiger partial charge in [-0.25, -0.2) is 0 Å². The fraction of sp³-hybridized carbons (Fsp3) is 0.636. The molecule has 0 unspecified atom stereocenters. The lowest BCUT2D eigenvalue weighted by Crippen LogP contribution is -2.04. The number of aldehydes is 1. The Balaban J connectivity index is 3.81. The first-order chi connectivity index (χ1) is 6.76. The van der Waals surface area contributed by atoms with Gasteiger partial charge in [0, 0.05) is 12.5 Å². The predicted molar refractivity (Wildman–Crippen MR) is 54.9 cm³/mol. The third-order valence-electron chi connectivity index (χ3n) is 1.97. The van der Waals surface area contributed by atoms with Crippen LogP contribution in [0.2, 0.25) is 0 Å². The molecule has 3 heteroatoms. The molecule has 80 valence electrons. The zero-order chi connectivity index (χ0) is 10.8. The van der Waals surface area contributed by atoms with Crippen molar-refractivity contribution < 1.29 is 14.3 Å². The molecule has 3 nitrogen and oxygen atoms in total. The van der Waals surface area contributed by atoms with Crippen molar-refractivity contribution in [2.75, 3.05) is 7.11 Å². The van der Waals surface area contributed by atoms with E-state index in [0.29, 0.717) is 12.7 Å². The summed E-state index contributed by atoms with van der Waals surface area (Å²) in [6.45, 7) is 2.12. The van der Waals surface area contributed by atoms with Gasteiger partial charge in [0.2, 0.25) is 0 Å². The maximum absolute atomic E-state index is 11.4. The van der Waals surface area contributed by atoms with Crippen LogP contribution in [-0.4, -0.2) is 19.2 Å². The van der Waals surface area contributed by atoms with Crippen molar-refractivity contribution in [3.8, 4) is 0 Å². The largest absolute Gasteiger partial charge is 0.493 e. The number of hydrogen-bond acceptors (Lipinski definition) is 3. The standard InChI is InChI=1S/C11H18O3/c1-3-4-5-6-7-10(13)11(14-2)8-9-12/h8-9H,3-7H2,1-2H3/b11-8+. The van der Waals surface area contributed by atoms with E-state index in [-0.39, 0.29) is 11.5 Å². The van der Waals surface area contributed by atoms with Gasteiger partial charge in [-0.2, -0.15) is 0 Å². The van der Waals surface area contributed by atoms with E-state index < -0.39 is 0 Å². The van der Waals surface area contributed by atoms with Crippen LogP contribution in [0.3, 0.4) is 0 Å². The fourth-order valence-electron chi connectivity index (χ4n) is 1.17. The van der Waals surface area contributed by atoms with E-state index in [9.17, 15) is 9.59 Å². The van der Waals surface area contributed by atoms with E-state index in [1.165, 1.54) is 13.2 Å². The molecule has 0 radical (unpaired) electrons. The Bertz CT molecular complexity index is 207. The zero-order valence-corrected chi connectivity index (χ0v) is 8.91. The Morgan fingerprint density at radius 1 is 1.29 bits per heavy atom. The van der Waals surface area contributed by atoms with Crippen LogP contribution >= 0.6 is 0 Å². The first-order valence-electron chi connectivity index (χ1n) is 4.98. The number of carbonyl (C=O) groups excluding carboxylic acids is 2. The second-order valence-electron chi connectivity index (χ2n) is 3.10. The second-order valence-corrected chi connectivity index (χ2v) is 3.10. The van der Waals surface area contributed by atoms with Crippen molar-refractivity contribution in [1.29, 1.82) is 0 Å². The molecular weight excluding hydrogens is 180 g/mol. The Labute approximate surface area is 85.1 Å². The highest BCUT2D eigenvalue weighted by molar-refractivity contribution is 5.96. The van der Waals surface area contributed by atoms with Crippen LogP contribution in [0.15, 0.2) is 11.8 Å². The van der Waals surface area contributed by atoms with Gasteiger partial charge in [0.15, 0.2) is 11.5 Å². The van der Waals surface area contributed by atoms with Crippen molar-refractivity contribution in [2.45, 2.75) is 39.0 Å². The van der Waals surface area contributed by atoms with Gasteiger partial charge in [0.05, 0.1) is 7.11 Å². The maximum Gasteiger partial charge on any atom is 0.197 e. The molecule has 0 amide bonds. The normalized spacial score (nSPS) is 11.1. The molecule has 0 saturated heterocycles. The molecule has 0 aliphatic carbocycles. The van der Waals surface area contributed by atoms with Crippen molar-refractivity contribution in [1.82, 2.24) is 0 Å². The molecule has 0 aromatic heterocycles. The lowest BCUT2D eigenvalue weighted by molar-refractivity contribution is -0.119. The second kappa shape index (κ2) is 8.48. The van der Waals surface area contributed by atoms with Gasteiger partial charge >= 0.3 is 0 Å². The Hall–Kier alpha value is -1.12. The molecule has 0 saturated carbocycles. The SMILES string of the molecule is CCCCCCC(=O)/C(=C\C=O)OC. The van der Waals surface area contributed by atoms with E-state index in [0.717, 1.165) is 25.7 Å². The minimum absolute atomic E-state index is 0.0873. The molecule has 0 aromatic rings. The third-order valence-corrected chi connectivity index (χ3v) is 1.97. The third kappa shape index (κ3) is 5.51. The lowest BCUT2D eigenvalue weighted by Gasteiger charge is -2.03. The van der Waals surface area contributed by atoms with Crippen LogP contribution < -0.4 is 0 Å². The molecule has 0 aliphatic heterocycles. The van der Waals surface area contributed by atoms with Gasteiger partial charge in [-0.05, 0) is 6.42 Å². The molecule has 0 fully saturated rings. The summed E-state index contributed by atoms with van der Waals surface area (Å²) in [5.74, 6) is 0.0761. The molecular formula is C11H18O3. The van der Waals surface area contributed by atoms with E-state index in [2.05, 4.69) is 6.92 Å². The first kappa shape index (κ1) is 12.9. The molecule has 0 N–H and O–H groups in total. The van der Waals surface area contributed by atoms with Gasteiger partial charge in [-0.3, -0.25) is 9.59 Å². The highest BCUT2D eigenvalue weighted by Gasteiger charge is 2.08. The number of unbranched alkanes of at least 4 members (excludes halogenated alkanes) is 3. The Morgan fingerprint density at radius 3 is 2.50 bits per heavy atom. The average molecular weight is 198 g/mol. The summed E-state index contributed by atoms with van der Waals surface area (Å²) in [6.07, 6.45) is 6.42. The number of ketones is 1. The van der Waals surface area contributed by atoms with Crippen molar-refractivity contribution in [3.05, 3.63) is 11.8 Å². The quantitative estimate of drug-likeness (QED) is 0.260. The topological polar surface area (TPSA) is 43.4 Å². The summed E-state index contributed by atoms with van der Waals surface area (Å²) in [5, 5.41) is 0. The van der Waals surface area contributed by atoms with Gasteiger partial charge in [0.1, 0.15) is 6.29 Å². The molecule has 0 heterocycles. The number of rotatable bonds is 8. The van der Waals surface area contributed by atoms with E-state index >= 15 is 0 Å².